The van der Waals surface area contributed by atoms with Crippen LogP contribution in [0.15, 0.2) is 24.5 Å². The zero-order chi connectivity index (χ0) is 15.6. The number of sulfonamides is 1. The Kier molecular flexibility index (Phi) is 4.80. The van der Waals surface area contributed by atoms with Gasteiger partial charge < -0.3 is 4.74 Å². The molecule has 2 aliphatic rings. The third-order valence-corrected chi connectivity index (χ3v) is 6.76. The Balaban J connectivity index is 1.64. The van der Waals surface area contributed by atoms with Gasteiger partial charge in [-0.2, -0.15) is 0 Å². The number of fused-ring (bicyclic) bond motifs is 1. The molecule has 1 saturated heterocycles. The molecule has 3 atom stereocenters. The van der Waals surface area contributed by atoms with E-state index in [9.17, 15) is 8.42 Å². The number of hydrogen-bond acceptors (Lipinski definition) is 4. The first kappa shape index (κ1) is 15.9. The molecule has 122 valence electrons. The van der Waals surface area contributed by atoms with E-state index < -0.39 is 10.0 Å². The molecule has 22 heavy (non-hydrogen) atoms. The van der Waals surface area contributed by atoms with Gasteiger partial charge in [0.25, 0.3) is 0 Å². The average Bonchev–Trinajstić information content (AvgIpc) is 2.99. The lowest BCUT2D eigenvalue weighted by Gasteiger charge is -2.32. The van der Waals surface area contributed by atoms with Crippen molar-refractivity contribution < 1.29 is 13.2 Å². The SMILES string of the molecule is CCS(=O)(=O)N1C[C@H]2CCCC(OCc3cccnc3)[C@@H]2C1. The van der Waals surface area contributed by atoms with Crippen LogP contribution in [0.25, 0.3) is 0 Å². The van der Waals surface area contributed by atoms with Crippen LogP contribution >= 0.6 is 0 Å². The second-order valence-corrected chi connectivity index (χ2v) is 8.54. The number of nitrogens with zero attached hydrogens (tertiary/aromatic N) is 2. The summed E-state index contributed by atoms with van der Waals surface area (Å²) >= 11 is 0. The molecule has 0 amide bonds. The minimum absolute atomic E-state index is 0.163. The Labute approximate surface area is 132 Å². The van der Waals surface area contributed by atoms with E-state index in [0.29, 0.717) is 31.5 Å². The zero-order valence-corrected chi connectivity index (χ0v) is 13.8. The third kappa shape index (κ3) is 3.34. The zero-order valence-electron chi connectivity index (χ0n) is 13.0. The van der Waals surface area contributed by atoms with Gasteiger partial charge in [-0.3, -0.25) is 4.98 Å². The van der Waals surface area contributed by atoms with Crippen molar-refractivity contribution in [3.05, 3.63) is 30.1 Å². The summed E-state index contributed by atoms with van der Waals surface area (Å²) in [4.78, 5) is 4.10. The Morgan fingerprint density at radius 2 is 2.23 bits per heavy atom. The smallest absolute Gasteiger partial charge is 0.213 e. The van der Waals surface area contributed by atoms with Crippen LogP contribution in [0.5, 0.6) is 0 Å². The molecule has 0 bridgehead atoms. The molecule has 5 nitrogen and oxygen atoms in total. The lowest BCUT2D eigenvalue weighted by molar-refractivity contribution is -0.0290. The van der Waals surface area contributed by atoms with Gasteiger partial charge in [0.05, 0.1) is 18.5 Å². The molecular weight excluding hydrogens is 300 g/mol. The van der Waals surface area contributed by atoms with E-state index in [1.54, 1.807) is 17.4 Å². The van der Waals surface area contributed by atoms with Crippen molar-refractivity contribution in [2.75, 3.05) is 18.8 Å². The second-order valence-electron chi connectivity index (χ2n) is 6.28. The van der Waals surface area contributed by atoms with Crippen LogP contribution in [0.3, 0.4) is 0 Å². The summed E-state index contributed by atoms with van der Waals surface area (Å²) in [6, 6.07) is 3.92. The highest BCUT2D eigenvalue weighted by Gasteiger charge is 2.43. The van der Waals surface area contributed by atoms with E-state index in [0.717, 1.165) is 24.8 Å². The fraction of sp³-hybridized carbons (Fsp3) is 0.688. The summed E-state index contributed by atoms with van der Waals surface area (Å²) in [5, 5.41) is 0. The van der Waals surface area contributed by atoms with Crippen LogP contribution < -0.4 is 0 Å². The van der Waals surface area contributed by atoms with Crippen molar-refractivity contribution in [2.24, 2.45) is 11.8 Å². The van der Waals surface area contributed by atoms with Gasteiger partial charge in [0.15, 0.2) is 0 Å². The molecule has 0 spiro atoms. The molecule has 2 heterocycles. The van der Waals surface area contributed by atoms with Crippen LogP contribution in [-0.4, -0.2) is 42.7 Å². The maximum absolute atomic E-state index is 12.1. The standard InChI is InChI=1S/C16H24N2O3S/c1-2-22(19,20)18-10-14-6-3-7-16(15(14)11-18)21-12-13-5-4-8-17-9-13/h4-5,8-9,14-16H,2-3,6-7,10-12H2,1H3/t14-,15-,16?/m1/s1. The minimum atomic E-state index is -3.08. The molecule has 1 unspecified atom stereocenters. The van der Waals surface area contributed by atoms with Crippen molar-refractivity contribution in [1.29, 1.82) is 0 Å². The molecule has 1 aliphatic carbocycles. The van der Waals surface area contributed by atoms with E-state index in [-0.39, 0.29) is 11.9 Å². The number of aromatic nitrogens is 1. The van der Waals surface area contributed by atoms with E-state index in [1.165, 1.54) is 0 Å². The van der Waals surface area contributed by atoms with Crippen LogP contribution in [0.1, 0.15) is 31.7 Å². The third-order valence-electron chi connectivity index (χ3n) is 4.94. The van der Waals surface area contributed by atoms with Crippen molar-refractivity contribution in [1.82, 2.24) is 9.29 Å². The van der Waals surface area contributed by atoms with Gasteiger partial charge in [-0.05, 0) is 37.3 Å². The summed E-state index contributed by atoms with van der Waals surface area (Å²) in [5.41, 5.74) is 1.07. The quantitative estimate of drug-likeness (QED) is 0.832. The maximum atomic E-state index is 12.1. The van der Waals surface area contributed by atoms with Gasteiger partial charge >= 0.3 is 0 Å². The lowest BCUT2D eigenvalue weighted by atomic mass is 9.79. The minimum Gasteiger partial charge on any atom is -0.373 e. The van der Waals surface area contributed by atoms with E-state index in [1.807, 2.05) is 18.3 Å². The molecule has 0 radical (unpaired) electrons. The molecule has 0 N–H and O–H groups in total. The molecule has 1 aromatic heterocycles. The van der Waals surface area contributed by atoms with Crippen LogP contribution in [0.2, 0.25) is 0 Å². The molecule has 1 aliphatic heterocycles. The largest absolute Gasteiger partial charge is 0.373 e. The van der Waals surface area contributed by atoms with Gasteiger partial charge in [-0.15, -0.1) is 0 Å². The summed E-state index contributed by atoms with van der Waals surface area (Å²) in [6.45, 7) is 3.57. The first-order chi connectivity index (χ1) is 10.6. The molecule has 6 heteroatoms. The Morgan fingerprint density at radius 3 is 2.95 bits per heavy atom. The number of rotatable bonds is 5. The Hall–Kier alpha value is -0.980. The Bertz CT molecular complexity index is 591. The average molecular weight is 324 g/mol. The second kappa shape index (κ2) is 6.64. The van der Waals surface area contributed by atoms with Gasteiger partial charge in [0, 0.05) is 31.4 Å². The lowest BCUT2D eigenvalue weighted by Crippen LogP contribution is -2.34. The van der Waals surface area contributed by atoms with Gasteiger partial charge in [0.2, 0.25) is 10.0 Å². The van der Waals surface area contributed by atoms with Crippen molar-refractivity contribution in [2.45, 2.75) is 38.9 Å². The van der Waals surface area contributed by atoms with Crippen LogP contribution in [0, 0.1) is 11.8 Å². The first-order valence-electron chi connectivity index (χ1n) is 8.08. The molecular formula is C16H24N2O3S. The number of hydrogen-bond donors (Lipinski definition) is 0. The molecule has 0 aromatic carbocycles. The predicted octanol–water partition coefficient (Wildman–Crippen LogP) is 2.05. The normalized spacial score (nSPS) is 29.4. The van der Waals surface area contributed by atoms with E-state index in [4.69, 9.17) is 4.74 Å². The summed E-state index contributed by atoms with van der Waals surface area (Å²) in [5.74, 6) is 0.980. The predicted molar refractivity (Wildman–Crippen MR) is 84.7 cm³/mol. The summed E-state index contributed by atoms with van der Waals surface area (Å²) in [6.07, 6.45) is 7.01. The highest BCUT2D eigenvalue weighted by atomic mass is 32.2. The Morgan fingerprint density at radius 1 is 1.36 bits per heavy atom. The van der Waals surface area contributed by atoms with Crippen molar-refractivity contribution in [3.63, 3.8) is 0 Å². The fourth-order valence-electron chi connectivity index (χ4n) is 3.68. The monoisotopic (exact) mass is 324 g/mol. The fourth-order valence-corrected chi connectivity index (χ4v) is 4.86. The van der Waals surface area contributed by atoms with Gasteiger partial charge in [-0.25, -0.2) is 12.7 Å². The van der Waals surface area contributed by atoms with Crippen LogP contribution in [0.4, 0.5) is 0 Å². The highest BCUT2D eigenvalue weighted by molar-refractivity contribution is 7.89. The van der Waals surface area contributed by atoms with Gasteiger partial charge in [0.1, 0.15) is 0 Å². The van der Waals surface area contributed by atoms with Crippen molar-refractivity contribution in [3.8, 4) is 0 Å². The summed E-state index contributed by atoms with van der Waals surface area (Å²) < 4.78 is 32.0. The topological polar surface area (TPSA) is 59.5 Å². The number of pyridine rings is 1. The molecule has 2 fully saturated rings. The van der Waals surface area contributed by atoms with Crippen LogP contribution in [-0.2, 0) is 21.4 Å². The number of ether oxygens (including phenoxy) is 1. The van der Waals surface area contributed by atoms with Crippen molar-refractivity contribution >= 4 is 10.0 Å². The van der Waals surface area contributed by atoms with Gasteiger partial charge in [-0.1, -0.05) is 12.5 Å². The summed E-state index contributed by atoms with van der Waals surface area (Å²) in [7, 11) is -3.08. The first-order valence-corrected chi connectivity index (χ1v) is 9.69. The maximum Gasteiger partial charge on any atom is 0.213 e. The molecule has 1 aromatic rings. The molecule has 3 rings (SSSR count). The van der Waals surface area contributed by atoms with E-state index in [2.05, 4.69) is 4.98 Å². The van der Waals surface area contributed by atoms with E-state index >= 15 is 0 Å². The highest BCUT2D eigenvalue weighted by Crippen LogP contribution is 2.39. The molecule has 1 saturated carbocycles.